The number of aromatic nitrogens is 2. The first kappa shape index (κ1) is 47.3. The van der Waals surface area contributed by atoms with Crippen LogP contribution in [-0.2, 0) is 69.9 Å². The van der Waals surface area contributed by atoms with Crippen LogP contribution in [0.3, 0.4) is 0 Å². The quantitative estimate of drug-likeness (QED) is 0.0487. The van der Waals surface area contributed by atoms with E-state index in [1.54, 1.807) is 32.0 Å². The molecule has 0 spiro atoms. The van der Waals surface area contributed by atoms with Gasteiger partial charge < -0.3 is 41.4 Å². The van der Waals surface area contributed by atoms with Crippen molar-refractivity contribution in [3.8, 4) is 11.4 Å². The van der Waals surface area contributed by atoms with Gasteiger partial charge in [0.05, 0.1) is 47.6 Å². The van der Waals surface area contributed by atoms with Crippen molar-refractivity contribution in [3.63, 3.8) is 0 Å². The van der Waals surface area contributed by atoms with Gasteiger partial charge in [0.1, 0.15) is 12.4 Å². The first-order valence-electron chi connectivity index (χ1n) is 22.4. The number of carbonyl (C=O) groups excluding carboxylic acids is 7. The van der Waals surface area contributed by atoms with Crippen molar-refractivity contribution < 1.29 is 47.8 Å². The summed E-state index contributed by atoms with van der Waals surface area (Å²) in [6.45, 7) is 3.18. The minimum Gasteiger partial charge on any atom is -0.458 e. The average Bonchev–Trinajstić information content (AvgIpc) is 3.67. The number of ketones is 2. The molecule has 3 aliphatic rings. The Hall–Kier alpha value is -6.66. The van der Waals surface area contributed by atoms with Crippen molar-refractivity contribution in [2.45, 2.75) is 115 Å². The Labute approximate surface area is 379 Å². The maximum Gasteiger partial charge on any atom is 0.343 e. The molecule has 2 aromatic heterocycles. The van der Waals surface area contributed by atoms with Gasteiger partial charge in [-0.1, -0.05) is 37.3 Å². The minimum absolute atomic E-state index is 0.0263. The van der Waals surface area contributed by atoms with Crippen LogP contribution in [0, 0.1) is 12.7 Å². The number of aliphatic hydroxyl groups is 1. The van der Waals surface area contributed by atoms with Crippen LogP contribution in [0.4, 0.5) is 4.39 Å². The van der Waals surface area contributed by atoms with Crippen LogP contribution in [0.15, 0.2) is 47.3 Å². The number of amides is 4. The average molecular weight is 908 g/mol. The van der Waals surface area contributed by atoms with Crippen LogP contribution in [0.1, 0.15) is 110 Å². The second-order valence-electron chi connectivity index (χ2n) is 17.1. The fourth-order valence-corrected chi connectivity index (χ4v) is 9.06. The molecule has 1 aliphatic carbocycles. The Morgan fingerprint density at radius 2 is 1.68 bits per heavy atom. The number of halogens is 1. The summed E-state index contributed by atoms with van der Waals surface area (Å²) in [5.41, 5.74) is 7.76. The number of hydrogen-bond donors (Lipinski definition) is 6. The maximum atomic E-state index is 15.3. The lowest BCUT2D eigenvalue weighted by molar-refractivity contribution is -0.172. The zero-order valence-corrected chi connectivity index (χ0v) is 37.0. The fraction of sp³-hybridized carbons (Fsp3) is 0.438. The number of rotatable bonds is 20. The first-order valence-corrected chi connectivity index (χ1v) is 22.4. The number of esters is 1. The molecule has 17 nitrogen and oxygen atoms in total. The van der Waals surface area contributed by atoms with E-state index in [0.29, 0.717) is 46.3 Å². The second-order valence-corrected chi connectivity index (χ2v) is 17.1. The molecular formula is C48H54FN7O10. The van der Waals surface area contributed by atoms with E-state index in [9.17, 15) is 43.5 Å². The van der Waals surface area contributed by atoms with E-state index < -0.39 is 46.8 Å². The predicted octanol–water partition coefficient (Wildman–Crippen LogP) is 2.42. The topological polar surface area (TPSA) is 258 Å². The number of carbonyl (C=O) groups is 7. The largest absolute Gasteiger partial charge is 0.458 e. The molecule has 0 saturated carbocycles. The van der Waals surface area contributed by atoms with Crippen LogP contribution in [0.25, 0.3) is 22.3 Å². The molecule has 7 N–H and O–H groups in total. The van der Waals surface area contributed by atoms with Gasteiger partial charge in [-0.25, -0.2) is 14.2 Å². The highest BCUT2D eigenvalue weighted by atomic mass is 19.1. The summed E-state index contributed by atoms with van der Waals surface area (Å²) in [7, 11) is 0. The molecule has 4 aromatic rings. The Morgan fingerprint density at radius 3 is 2.42 bits per heavy atom. The number of aryl methyl sites for hydroxylation is 1. The lowest BCUT2D eigenvalue weighted by Crippen LogP contribution is -2.44. The van der Waals surface area contributed by atoms with Crippen molar-refractivity contribution in [2.24, 2.45) is 5.73 Å². The van der Waals surface area contributed by atoms with Gasteiger partial charge in [-0.05, 0) is 67.3 Å². The molecule has 0 radical (unpaired) electrons. The van der Waals surface area contributed by atoms with Crippen molar-refractivity contribution in [1.82, 2.24) is 30.8 Å². The smallest absolute Gasteiger partial charge is 0.343 e. The fourth-order valence-electron chi connectivity index (χ4n) is 9.06. The molecule has 2 aromatic carbocycles. The van der Waals surface area contributed by atoms with Crippen molar-refractivity contribution in [2.75, 3.05) is 19.6 Å². The van der Waals surface area contributed by atoms with Crippen LogP contribution in [0.2, 0.25) is 0 Å². The summed E-state index contributed by atoms with van der Waals surface area (Å²) < 4.78 is 22.1. The molecule has 66 heavy (non-hydrogen) atoms. The van der Waals surface area contributed by atoms with Gasteiger partial charge in [0, 0.05) is 74.2 Å². The van der Waals surface area contributed by atoms with Crippen LogP contribution >= 0.6 is 0 Å². The lowest BCUT2D eigenvalue weighted by Gasteiger charge is -2.31. The SMILES string of the molecule is CC[C@@]1(O)C(=O)OCc2c1cc1n(c2=O)Cc2c-1nc1cc(F)c(C)c3c1c2[C@@H](NC(=O)CCCNC(=O)CCC(=O)C(Cc1ccccc1)NC(=O)CCC(=O)CNC(=O)CCN)CC3. The van der Waals surface area contributed by atoms with Gasteiger partial charge in [0.2, 0.25) is 23.6 Å². The molecule has 7 rings (SSSR count). The Morgan fingerprint density at radius 1 is 0.939 bits per heavy atom. The molecule has 0 bridgehead atoms. The monoisotopic (exact) mass is 907 g/mol. The van der Waals surface area contributed by atoms with Crippen LogP contribution in [-0.4, -0.2) is 81.5 Å². The van der Waals surface area contributed by atoms with Crippen LogP contribution < -0.4 is 32.6 Å². The Bertz CT molecular complexity index is 2690. The number of Topliss-reactive ketones (excluding diaryl/α,β-unsaturated/α-hetero) is 2. The number of ether oxygens (including phenoxy) is 1. The summed E-state index contributed by atoms with van der Waals surface area (Å²) >= 11 is 0. The zero-order chi connectivity index (χ0) is 47.3. The maximum absolute atomic E-state index is 15.3. The number of nitrogens with one attached hydrogen (secondary N) is 4. The molecule has 2 aliphatic heterocycles. The van der Waals surface area contributed by atoms with E-state index in [0.717, 1.165) is 16.7 Å². The van der Waals surface area contributed by atoms with Gasteiger partial charge in [-0.15, -0.1) is 0 Å². The van der Waals surface area contributed by atoms with E-state index in [1.165, 1.54) is 10.6 Å². The zero-order valence-electron chi connectivity index (χ0n) is 37.0. The number of pyridine rings is 2. The summed E-state index contributed by atoms with van der Waals surface area (Å²) in [5, 5.41) is 23.1. The van der Waals surface area contributed by atoms with Gasteiger partial charge >= 0.3 is 5.97 Å². The third-order valence-corrected chi connectivity index (χ3v) is 12.7. The highest BCUT2D eigenvalue weighted by molar-refractivity contribution is 5.95. The van der Waals surface area contributed by atoms with E-state index in [2.05, 4.69) is 21.3 Å². The molecule has 0 fully saturated rings. The number of benzene rings is 2. The van der Waals surface area contributed by atoms with Gasteiger partial charge in [-0.2, -0.15) is 0 Å². The Balaban J connectivity index is 0.959. The highest BCUT2D eigenvalue weighted by Gasteiger charge is 2.46. The number of hydrogen-bond acceptors (Lipinski definition) is 12. The summed E-state index contributed by atoms with van der Waals surface area (Å²) in [6, 6.07) is 10.5. The van der Waals surface area contributed by atoms with E-state index in [-0.39, 0.29) is 125 Å². The molecule has 3 atom stereocenters. The Kier molecular flexibility index (Phi) is 14.5. The van der Waals surface area contributed by atoms with E-state index in [4.69, 9.17) is 15.5 Å². The predicted molar refractivity (Wildman–Crippen MR) is 238 cm³/mol. The molecular weight excluding hydrogens is 854 g/mol. The van der Waals surface area contributed by atoms with Crippen molar-refractivity contribution >= 4 is 52.1 Å². The molecule has 4 amide bonds. The van der Waals surface area contributed by atoms with E-state index >= 15 is 4.39 Å². The van der Waals surface area contributed by atoms with E-state index in [1.807, 2.05) is 18.2 Å². The number of nitrogens with two attached hydrogens (primary N) is 1. The molecule has 18 heteroatoms. The molecule has 4 heterocycles. The second kappa shape index (κ2) is 20.2. The summed E-state index contributed by atoms with van der Waals surface area (Å²) in [4.78, 5) is 108. The summed E-state index contributed by atoms with van der Waals surface area (Å²) in [6.07, 6.45) is 0.797. The van der Waals surface area contributed by atoms with Gasteiger partial charge in [0.25, 0.3) is 5.56 Å². The standard InChI is InChI=1S/C48H54FN7O10/c1-3-48(65)32-21-37-45-30(24-56(37)46(63)31(32)25-66-47(48)64)44-34(13-12-29-26(2)33(49)22-36(55-45)43(29)44)53-41(61)10-7-19-51-39(59)16-14-38(58)35(20-27-8-5-4-6-9-27)54-42(62)15-11-28(57)23-52-40(60)17-18-50/h4-6,8-9,21-22,34-35,65H,3,7,10-20,23-25,50H2,1-2H3,(H,51,59)(H,52,60)(H,53,61)(H,54,62)/t34-,35?,48-/m0/s1. The highest BCUT2D eigenvalue weighted by Crippen LogP contribution is 2.46. The van der Waals surface area contributed by atoms with Gasteiger partial charge in [-0.3, -0.25) is 33.6 Å². The third-order valence-electron chi connectivity index (χ3n) is 12.7. The molecule has 0 saturated heterocycles. The lowest BCUT2D eigenvalue weighted by atomic mass is 9.81. The van der Waals surface area contributed by atoms with Crippen molar-refractivity contribution in [1.29, 1.82) is 0 Å². The normalized spacial score (nSPS) is 17.2. The van der Waals surface area contributed by atoms with Crippen molar-refractivity contribution in [3.05, 3.63) is 97.6 Å². The molecule has 1 unspecified atom stereocenters. The third kappa shape index (κ3) is 9.94. The number of fused-ring (bicyclic) bond motifs is 5. The van der Waals surface area contributed by atoms with Gasteiger partial charge in [0.15, 0.2) is 17.2 Å². The minimum atomic E-state index is -2.02. The summed E-state index contributed by atoms with van der Waals surface area (Å²) in [5.74, 6) is -3.60. The first-order chi connectivity index (χ1) is 31.6. The van der Waals surface area contributed by atoms with Crippen LogP contribution in [0.5, 0.6) is 0 Å². The number of nitrogens with zero attached hydrogens (tertiary/aromatic N) is 2. The number of cyclic esters (lactones) is 1. The molecule has 348 valence electrons.